The van der Waals surface area contributed by atoms with E-state index >= 15 is 0 Å². The van der Waals surface area contributed by atoms with Crippen molar-refractivity contribution in [3.63, 3.8) is 0 Å². The smallest absolute Gasteiger partial charge is 0.317 e. The standard InChI is InChI=1S/C12H24N4O/c1-10-5-4-8-16(9-10)12(17)15-7-3-2-6-11(13)14/h10H,2-9H2,1H3,(H3,13,14)(H,15,17). The van der Waals surface area contributed by atoms with Crippen LogP contribution in [0.25, 0.3) is 0 Å². The summed E-state index contributed by atoms with van der Waals surface area (Å²) in [4.78, 5) is 13.7. The van der Waals surface area contributed by atoms with Crippen LogP contribution in [0.15, 0.2) is 0 Å². The number of hydrogen-bond donors (Lipinski definition) is 3. The molecule has 1 atom stereocenters. The van der Waals surface area contributed by atoms with Crippen LogP contribution in [0.4, 0.5) is 4.79 Å². The van der Waals surface area contributed by atoms with Crippen molar-refractivity contribution in [3.8, 4) is 0 Å². The Hall–Kier alpha value is -1.26. The highest BCUT2D eigenvalue weighted by Crippen LogP contribution is 2.15. The van der Waals surface area contributed by atoms with E-state index < -0.39 is 0 Å². The second-order valence-corrected chi connectivity index (χ2v) is 4.91. The number of carbonyl (C=O) groups excluding carboxylic acids is 1. The summed E-state index contributed by atoms with van der Waals surface area (Å²) in [5, 5.41) is 10.0. The Morgan fingerprint density at radius 2 is 2.29 bits per heavy atom. The lowest BCUT2D eigenvalue weighted by atomic mass is 10.0. The molecule has 1 heterocycles. The molecule has 17 heavy (non-hydrogen) atoms. The van der Waals surface area contributed by atoms with Crippen molar-refractivity contribution in [2.24, 2.45) is 11.7 Å². The van der Waals surface area contributed by atoms with E-state index in [2.05, 4.69) is 12.2 Å². The molecule has 1 unspecified atom stereocenters. The first-order chi connectivity index (χ1) is 8.09. The molecule has 0 aliphatic carbocycles. The average Bonchev–Trinajstić information content (AvgIpc) is 2.28. The quantitative estimate of drug-likeness (QED) is 0.387. The summed E-state index contributed by atoms with van der Waals surface area (Å²) in [6.07, 6.45) is 4.71. The highest BCUT2D eigenvalue weighted by molar-refractivity contribution is 5.76. The van der Waals surface area contributed by atoms with Crippen LogP contribution >= 0.6 is 0 Å². The molecule has 2 amide bonds. The molecule has 1 aliphatic heterocycles. The number of unbranched alkanes of at least 4 members (excludes halogenated alkanes) is 1. The van der Waals surface area contributed by atoms with Crippen LogP contribution in [0.3, 0.4) is 0 Å². The fourth-order valence-corrected chi connectivity index (χ4v) is 2.12. The van der Waals surface area contributed by atoms with Crippen LogP contribution in [0.1, 0.15) is 39.0 Å². The predicted octanol–water partition coefficient (Wildman–Crippen LogP) is 1.53. The molecule has 0 aromatic rings. The maximum absolute atomic E-state index is 11.8. The highest BCUT2D eigenvalue weighted by Gasteiger charge is 2.20. The summed E-state index contributed by atoms with van der Waals surface area (Å²) >= 11 is 0. The van der Waals surface area contributed by atoms with Gasteiger partial charge in [-0.25, -0.2) is 4.79 Å². The maximum Gasteiger partial charge on any atom is 0.317 e. The third-order valence-electron chi connectivity index (χ3n) is 3.09. The Labute approximate surface area is 103 Å². The van der Waals surface area contributed by atoms with Gasteiger partial charge in [-0.1, -0.05) is 6.92 Å². The molecule has 0 aromatic carbocycles. The van der Waals surface area contributed by atoms with E-state index in [0.29, 0.717) is 18.9 Å². The zero-order valence-corrected chi connectivity index (χ0v) is 10.7. The maximum atomic E-state index is 11.8. The van der Waals surface area contributed by atoms with Crippen molar-refractivity contribution >= 4 is 11.9 Å². The number of likely N-dealkylation sites (tertiary alicyclic amines) is 1. The first kappa shape index (κ1) is 13.8. The average molecular weight is 240 g/mol. The minimum Gasteiger partial charge on any atom is -0.388 e. The molecular weight excluding hydrogens is 216 g/mol. The van der Waals surface area contributed by atoms with Crippen LogP contribution in [-0.2, 0) is 0 Å². The van der Waals surface area contributed by atoms with Crippen LogP contribution in [-0.4, -0.2) is 36.4 Å². The summed E-state index contributed by atoms with van der Waals surface area (Å²) in [6, 6.07) is 0.0550. The van der Waals surface area contributed by atoms with Crippen LogP contribution < -0.4 is 11.1 Å². The van der Waals surface area contributed by atoms with E-state index in [-0.39, 0.29) is 11.9 Å². The first-order valence-electron chi connectivity index (χ1n) is 6.45. The SMILES string of the molecule is CC1CCCN(C(=O)NCCCCC(=N)N)C1. The third kappa shape index (κ3) is 5.56. The molecule has 5 nitrogen and oxygen atoms in total. The van der Waals surface area contributed by atoms with E-state index in [1.54, 1.807) is 0 Å². The van der Waals surface area contributed by atoms with Crippen molar-refractivity contribution in [2.45, 2.75) is 39.0 Å². The molecule has 0 aromatic heterocycles. The fraction of sp³-hybridized carbons (Fsp3) is 0.833. The van der Waals surface area contributed by atoms with Gasteiger partial charge in [-0.05, 0) is 31.6 Å². The number of piperidine rings is 1. The zero-order chi connectivity index (χ0) is 12.7. The number of urea groups is 1. The predicted molar refractivity (Wildman–Crippen MR) is 69.1 cm³/mol. The monoisotopic (exact) mass is 240 g/mol. The van der Waals surface area contributed by atoms with Crippen molar-refractivity contribution in [1.82, 2.24) is 10.2 Å². The summed E-state index contributed by atoms with van der Waals surface area (Å²) in [7, 11) is 0. The van der Waals surface area contributed by atoms with Crippen molar-refractivity contribution < 1.29 is 4.79 Å². The number of hydrogen-bond acceptors (Lipinski definition) is 2. The number of amidine groups is 1. The van der Waals surface area contributed by atoms with Gasteiger partial charge in [0.05, 0.1) is 5.84 Å². The highest BCUT2D eigenvalue weighted by atomic mass is 16.2. The van der Waals surface area contributed by atoms with Gasteiger partial charge in [0, 0.05) is 26.1 Å². The molecule has 1 aliphatic rings. The van der Waals surface area contributed by atoms with Crippen LogP contribution in [0.5, 0.6) is 0 Å². The van der Waals surface area contributed by atoms with Crippen molar-refractivity contribution in [3.05, 3.63) is 0 Å². The summed E-state index contributed by atoms with van der Waals surface area (Å²) < 4.78 is 0. The Morgan fingerprint density at radius 1 is 1.53 bits per heavy atom. The third-order valence-corrected chi connectivity index (χ3v) is 3.09. The number of nitrogens with two attached hydrogens (primary N) is 1. The van der Waals surface area contributed by atoms with Crippen LogP contribution in [0.2, 0.25) is 0 Å². The van der Waals surface area contributed by atoms with Gasteiger partial charge in [0.25, 0.3) is 0 Å². The molecular formula is C12H24N4O. The van der Waals surface area contributed by atoms with Crippen LogP contribution in [0, 0.1) is 11.3 Å². The Kier molecular flexibility index (Phi) is 5.80. The topological polar surface area (TPSA) is 82.2 Å². The van der Waals surface area contributed by atoms with E-state index in [9.17, 15) is 4.79 Å². The number of rotatable bonds is 5. The molecule has 1 rings (SSSR count). The molecule has 0 spiro atoms. The van der Waals surface area contributed by atoms with Gasteiger partial charge in [-0.15, -0.1) is 0 Å². The lowest BCUT2D eigenvalue weighted by Crippen LogP contribution is -2.45. The Bertz CT molecular complexity index is 267. The van der Waals surface area contributed by atoms with Crippen molar-refractivity contribution in [1.29, 1.82) is 5.41 Å². The summed E-state index contributed by atoms with van der Waals surface area (Å²) in [6.45, 7) is 4.62. The minimum atomic E-state index is 0.0550. The molecule has 4 N–H and O–H groups in total. The second-order valence-electron chi connectivity index (χ2n) is 4.91. The fourth-order valence-electron chi connectivity index (χ4n) is 2.12. The molecule has 1 saturated heterocycles. The number of carbonyl (C=O) groups is 1. The van der Waals surface area contributed by atoms with E-state index in [1.807, 2.05) is 4.90 Å². The van der Waals surface area contributed by atoms with Gasteiger partial charge in [0.2, 0.25) is 0 Å². The van der Waals surface area contributed by atoms with E-state index in [0.717, 1.165) is 32.4 Å². The zero-order valence-electron chi connectivity index (χ0n) is 10.7. The molecule has 0 radical (unpaired) electrons. The van der Waals surface area contributed by atoms with Gasteiger partial charge in [-0.3, -0.25) is 5.41 Å². The van der Waals surface area contributed by atoms with E-state index in [4.69, 9.17) is 11.1 Å². The summed E-state index contributed by atoms with van der Waals surface area (Å²) in [5.74, 6) is 0.841. The first-order valence-corrected chi connectivity index (χ1v) is 6.45. The molecule has 0 saturated carbocycles. The van der Waals surface area contributed by atoms with Gasteiger partial charge in [0.15, 0.2) is 0 Å². The minimum absolute atomic E-state index is 0.0550. The van der Waals surface area contributed by atoms with Gasteiger partial charge in [0.1, 0.15) is 0 Å². The number of nitrogens with zero attached hydrogens (tertiary/aromatic N) is 1. The van der Waals surface area contributed by atoms with Gasteiger partial charge in [-0.2, -0.15) is 0 Å². The van der Waals surface area contributed by atoms with Gasteiger partial charge < -0.3 is 16.0 Å². The van der Waals surface area contributed by atoms with E-state index in [1.165, 1.54) is 6.42 Å². The lowest BCUT2D eigenvalue weighted by molar-refractivity contribution is 0.169. The molecule has 0 bridgehead atoms. The number of nitrogens with one attached hydrogen (secondary N) is 2. The lowest BCUT2D eigenvalue weighted by Gasteiger charge is -2.30. The summed E-state index contributed by atoms with van der Waals surface area (Å²) in [5.41, 5.74) is 5.25. The van der Waals surface area contributed by atoms with Gasteiger partial charge >= 0.3 is 6.03 Å². The molecule has 5 heteroatoms. The molecule has 1 fully saturated rings. The second kappa shape index (κ2) is 7.14. The Balaban J connectivity index is 2.10. The molecule has 98 valence electrons. The normalized spacial score (nSPS) is 20.1. The Morgan fingerprint density at radius 3 is 2.94 bits per heavy atom. The largest absolute Gasteiger partial charge is 0.388 e. The van der Waals surface area contributed by atoms with Crippen molar-refractivity contribution in [2.75, 3.05) is 19.6 Å². The number of amides is 2.